The van der Waals surface area contributed by atoms with Crippen LogP contribution in [-0.4, -0.2) is 24.8 Å². The molecular weight excluding hydrogens is 236 g/mol. The van der Waals surface area contributed by atoms with Gasteiger partial charge in [0.2, 0.25) is 0 Å². The van der Waals surface area contributed by atoms with E-state index in [1.54, 1.807) is 0 Å². The topological polar surface area (TPSA) is 58.3 Å². The summed E-state index contributed by atoms with van der Waals surface area (Å²) in [5.74, 6) is 0. The first-order chi connectivity index (χ1) is 8.19. The van der Waals surface area contributed by atoms with Gasteiger partial charge >= 0.3 is 0 Å². The van der Waals surface area contributed by atoms with Gasteiger partial charge in [0.05, 0.1) is 0 Å². The predicted molar refractivity (Wildman–Crippen MR) is 72.3 cm³/mol. The first-order valence-electron chi connectivity index (χ1n) is 5.99. The molecule has 0 aromatic heterocycles. The van der Waals surface area contributed by atoms with Crippen LogP contribution in [0.5, 0.6) is 0 Å². The van der Waals surface area contributed by atoms with Gasteiger partial charge in [-0.05, 0) is 43.5 Å². The zero-order chi connectivity index (χ0) is 12.7. The van der Waals surface area contributed by atoms with E-state index in [0.29, 0.717) is 6.54 Å². The van der Waals surface area contributed by atoms with Crippen molar-refractivity contribution in [1.82, 2.24) is 5.32 Å². The molecule has 0 aliphatic carbocycles. The van der Waals surface area contributed by atoms with Crippen LogP contribution in [-0.2, 0) is 0 Å². The Morgan fingerprint density at radius 3 is 2.76 bits per heavy atom. The number of benzene rings is 1. The molecule has 0 radical (unpaired) electrons. The number of nitrogens with one attached hydrogen (secondary N) is 1. The Kier molecular flexibility index (Phi) is 6.52. The number of hydrogen-bond donors (Lipinski definition) is 3. The molecule has 0 amide bonds. The molecule has 1 rings (SSSR count). The van der Waals surface area contributed by atoms with Crippen molar-refractivity contribution in [3.8, 4) is 0 Å². The molecule has 3 nitrogen and oxygen atoms in total. The van der Waals surface area contributed by atoms with E-state index in [2.05, 4.69) is 11.4 Å². The van der Waals surface area contributed by atoms with Gasteiger partial charge < -0.3 is 16.2 Å². The smallest absolute Gasteiger partial charge is 0.0445 e. The van der Waals surface area contributed by atoms with Crippen molar-refractivity contribution in [3.63, 3.8) is 0 Å². The van der Waals surface area contributed by atoms with E-state index < -0.39 is 0 Å². The average molecular weight is 257 g/mol. The first kappa shape index (κ1) is 14.5. The zero-order valence-corrected chi connectivity index (χ0v) is 11.0. The molecule has 1 aromatic carbocycles. The van der Waals surface area contributed by atoms with Crippen molar-refractivity contribution in [1.29, 1.82) is 0 Å². The zero-order valence-electron chi connectivity index (χ0n) is 10.2. The fourth-order valence-electron chi connectivity index (χ4n) is 1.68. The quantitative estimate of drug-likeness (QED) is 0.654. The molecule has 0 spiro atoms. The van der Waals surface area contributed by atoms with E-state index in [0.717, 1.165) is 35.5 Å². The molecule has 0 bridgehead atoms. The third kappa shape index (κ3) is 4.64. The van der Waals surface area contributed by atoms with Crippen molar-refractivity contribution in [3.05, 3.63) is 34.3 Å². The lowest BCUT2D eigenvalue weighted by Gasteiger charge is -2.18. The molecule has 17 heavy (non-hydrogen) atoms. The molecule has 1 aromatic rings. The van der Waals surface area contributed by atoms with Crippen molar-refractivity contribution in [2.45, 2.75) is 25.8 Å². The highest BCUT2D eigenvalue weighted by molar-refractivity contribution is 6.31. The maximum atomic E-state index is 8.70. The molecule has 1 atom stereocenters. The maximum Gasteiger partial charge on any atom is 0.0445 e. The van der Waals surface area contributed by atoms with Crippen LogP contribution in [0.2, 0.25) is 5.02 Å². The summed E-state index contributed by atoms with van der Waals surface area (Å²) in [6.07, 6.45) is 1.77. The van der Waals surface area contributed by atoms with Crippen LogP contribution >= 0.6 is 11.6 Å². The second-order valence-electron chi connectivity index (χ2n) is 4.18. The Morgan fingerprint density at radius 1 is 1.41 bits per heavy atom. The summed E-state index contributed by atoms with van der Waals surface area (Å²) in [6.45, 7) is 3.62. The SMILES string of the molecule is Cc1ccc(C(CN)NCCCCO)cc1Cl. The van der Waals surface area contributed by atoms with E-state index in [1.807, 2.05) is 19.1 Å². The summed E-state index contributed by atoms with van der Waals surface area (Å²) in [6, 6.07) is 6.16. The van der Waals surface area contributed by atoms with E-state index in [1.165, 1.54) is 0 Å². The highest BCUT2D eigenvalue weighted by atomic mass is 35.5. The van der Waals surface area contributed by atoms with E-state index >= 15 is 0 Å². The van der Waals surface area contributed by atoms with Gasteiger partial charge in [-0.1, -0.05) is 23.7 Å². The fourth-order valence-corrected chi connectivity index (χ4v) is 1.87. The highest BCUT2D eigenvalue weighted by Gasteiger charge is 2.09. The standard InChI is InChI=1S/C13H21ClN2O/c1-10-4-5-11(8-12(10)14)13(9-15)16-6-2-3-7-17/h4-5,8,13,16-17H,2-3,6-7,9,15H2,1H3. The first-order valence-corrected chi connectivity index (χ1v) is 6.37. The van der Waals surface area contributed by atoms with Gasteiger partial charge in [0.15, 0.2) is 0 Å². The van der Waals surface area contributed by atoms with Gasteiger partial charge in [-0.2, -0.15) is 0 Å². The summed E-state index contributed by atoms with van der Waals surface area (Å²) < 4.78 is 0. The number of aryl methyl sites for hydroxylation is 1. The van der Waals surface area contributed by atoms with Crippen molar-refractivity contribution >= 4 is 11.6 Å². The van der Waals surface area contributed by atoms with Crippen molar-refractivity contribution < 1.29 is 5.11 Å². The van der Waals surface area contributed by atoms with Gasteiger partial charge in [-0.3, -0.25) is 0 Å². The molecule has 0 aliphatic rings. The summed E-state index contributed by atoms with van der Waals surface area (Å²) in [5, 5.41) is 12.9. The number of aliphatic hydroxyl groups excluding tert-OH is 1. The average Bonchev–Trinajstić information content (AvgIpc) is 2.33. The monoisotopic (exact) mass is 256 g/mol. The van der Waals surface area contributed by atoms with Crippen LogP contribution in [0.25, 0.3) is 0 Å². The van der Waals surface area contributed by atoms with E-state index in [4.69, 9.17) is 22.4 Å². The number of halogens is 1. The summed E-state index contributed by atoms with van der Waals surface area (Å²) in [7, 11) is 0. The molecule has 0 saturated heterocycles. The lowest BCUT2D eigenvalue weighted by molar-refractivity contribution is 0.282. The van der Waals surface area contributed by atoms with Crippen LogP contribution in [0.3, 0.4) is 0 Å². The lowest BCUT2D eigenvalue weighted by atomic mass is 10.0. The number of aliphatic hydroxyl groups is 1. The highest BCUT2D eigenvalue weighted by Crippen LogP contribution is 2.20. The Bertz CT molecular complexity index is 344. The summed E-state index contributed by atoms with van der Waals surface area (Å²) >= 11 is 6.10. The van der Waals surface area contributed by atoms with Gasteiger partial charge in [0.25, 0.3) is 0 Å². The predicted octanol–water partition coefficient (Wildman–Crippen LogP) is 2.01. The third-order valence-corrected chi connectivity index (χ3v) is 3.22. The molecule has 1 unspecified atom stereocenters. The summed E-state index contributed by atoms with van der Waals surface area (Å²) in [4.78, 5) is 0. The van der Waals surface area contributed by atoms with Gasteiger partial charge in [0.1, 0.15) is 0 Å². The molecule has 96 valence electrons. The van der Waals surface area contributed by atoms with Gasteiger partial charge in [-0.15, -0.1) is 0 Å². The minimum Gasteiger partial charge on any atom is -0.396 e. The number of rotatable bonds is 7. The molecule has 4 N–H and O–H groups in total. The molecule has 0 fully saturated rings. The van der Waals surface area contributed by atoms with E-state index in [9.17, 15) is 0 Å². The van der Waals surface area contributed by atoms with Crippen LogP contribution in [0.1, 0.15) is 30.0 Å². The largest absolute Gasteiger partial charge is 0.396 e. The fraction of sp³-hybridized carbons (Fsp3) is 0.538. The number of hydrogen-bond acceptors (Lipinski definition) is 3. The van der Waals surface area contributed by atoms with Crippen LogP contribution < -0.4 is 11.1 Å². The van der Waals surface area contributed by atoms with Crippen molar-refractivity contribution in [2.75, 3.05) is 19.7 Å². The minimum atomic E-state index is 0.131. The molecule has 0 aliphatic heterocycles. The molecule has 4 heteroatoms. The van der Waals surface area contributed by atoms with E-state index in [-0.39, 0.29) is 12.6 Å². The minimum absolute atomic E-state index is 0.131. The maximum absolute atomic E-state index is 8.70. The van der Waals surface area contributed by atoms with Crippen LogP contribution in [0.15, 0.2) is 18.2 Å². The number of unbranched alkanes of at least 4 members (excludes halogenated alkanes) is 1. The molecule has 0 heterocycles. The Balaban J connectivity index is 2.56. The Morgan fingerprint density at radius 2 is 2.18 bits per heavy atom. The second kappa shape index (κ2) is 7.67. The lowest BCUT2D eigenvalue weighted by Crippen LogP contribution is -2.29. The van der Waals surface area contributed by atoms with Crippen LogP contribution in [0, 0.1) is 6.92 Å². The third-order valence-electron chi connectivity index (χ3n) is 2.81. The molecule has 0 saturated carbocycles. The van der Waals surface area contributed by atoms with Gasteiger partial charge in [-0.25, -0.2) is 0 Å². The Labute approximate surface area is 108 Å². The number of nitrogens with two attached hydrogens (primary N) is 1. The molecular formula is C13H21ClN2O. The van der Waals surface area contributed by atoms with Gasteiger partial charge in [0, 0.05) is 24.2 Å². The van der Waals surface area contributed by atoms with Crippen molar-refractivity contribution in [2.24, 2.45) is 5.73 Å². The second-order valence-corrected chi connectivity index (χ2v) is 4.59. The summed E-state index contributed by atoms with van der Waals surface area (Å²) in [5.41, 5.74) is 7.95. The normalized spacial score (nSPS) is 12.7. The van der Waals surface area contributed by atoms with Crippen LogP contribution in [0.4, 0.5) is 0 Å². The Hall–Kier alpha value is -0.610.